The maximum absolute atomic E-state index is 2.45. The largest absolute Gasteiger partial charge is 0.310 e. The van der Waals surface area contributed by atoms with Crippen LogP contribution >= 0.6 is 0 Å². The van der Waals surface area contributed by atoms with Crippen LogP contribution in [0.1, 0.15) is 22.3 Å². The summed E-state index contributed by atoms with van der Waals surface area (Å²) in [6.07, 6.45) is 0. The van der Waals surface area contributed by atoms with Gasteiger partial charge < -0.3 is 4.90 Å². The highest BCUT2D eigenvalue weighted by Gasteiger charge is 2.47. The fraction of sp³-hybridized carbons (Fsp3) is 0.0182. The minimum atomic E-state index is -0.553. The van der Waals surface area contributed by atoms with E-state index in [0.717, 1.165) is 17.1 Å². The average Bonchev–Trinajstić information content (AvgIpc) is 3.59. The molecule has 1 heteroatoms. The quantitative estimate of drug-likeness (QED) is 0.152. The Morgan fingerprint density at radius 1 is 0.268 bits per heavy atom. The smallest absolute Gasteiger partial charge is 0.0714 e. The molecular formula is C55H39N. The molecule has 56 heavy (non-hydrogen) atoms. The van der Waals surface area contributed by atoms with Gasteiger partial charge in [0.2, 0.25) is 0 Å². The lowest BCUT2D eigenvalue weighted by molar-refractivity contribution is 0.768. The molecule has 1 nitrogen and oxygen atoms in total. The molecule has 9 aromatic carbocycles. The normalized spacial score (nSPS) is 12.4. The van der Waals surface area contributed by atoms with Crippen molar-refractivity contribution in [2.45, 2.75) is 5.41 Å². The average molecular weight is 714 g/mol. The van der Waals surface area contributed by atoms with Gasteiger partial charge in [0.25, 0.3) is 0 Å². The first-order valence-electron chi connectivity index (χ1n) is 19.3. The number of hydrogen-bond acceptors (Lipinski definition) is 1. The van der Waals surface area contributed by atoms with Gasteiger partial charge in [0.15, 0.2) is 0 Å². The van der Waals surface area contributed by atoms with E-state index in [1.165, 1.54) is 66.8 Å². The number of benzene rings is 9. The highest BCUT2D eigenvalue weighted by molar-refractivity contribution is 5.97. The third kappa shape index (κ3) is 5.65. The summed E-state index contributed by atoms with van der Waals surface area (Å²) < 4.78 is 0. The summed E-state index contributed by atoms with van der Waals surface area (Å²) >= 11 is 0. The fourth-order valence-electron chi connectivity index (χ4n) is 8.84. The molecule has 0 radical (unpaired) electrons. The Bertz CT molecular complexity index is 2700. The lowest BCUT2D eigenvalue weighted by atomic mass is 9.67. The van der Waals surface area contributed by atoms with Crippen molar-refractivity contribution < 1.29 is 0 Å². The van der Waals surface area contributed by atoms with Crippen LogP contribution in [0.2, 0.25) is 0 Å². The van der Waals surface area contributed by atoms with Gasteiger partial charge in [-0.1, -0.05) is 200 Å². The van der Waals surface area contributed by atoms with Crippen LogP contribution in [0, 0.1) is 0 Å². The summed E-state index contributed by atoms with van der Waals surface area (Å²) in [5, 5.41) is 0. The number of anilines is 3. The Morgan fingerprint density at radius 3 is 1.25 bits per heavy atom. The summed E-state index contributed by atoms with van der Waals surface area (Å²) in [7, 11) is 0. The van der Waals surface area contributed by atoms with Crippen molar-refractivity contribution >= 4 is 17.1 Å². The summed E-state index contributed by atoms with van der Waals surface area (Å²) in [5.41, 5.74) is 17.7. The zero-order valence-electron chi connectivity index (χ0n) is 31.0. The Labute approximate surface area is 329 Å². The maximum atomic E-state index is 2.45. The molecule has 264 valence electrons. The van der Waals surface area contributed by atoms with Crippen molar-refractivity contribution in [1.82, 2.24) is 0 Å². The second-order valence-electron chi connectivity index (χ2n) is 14.5. The topological polar surface area (TPSA) is 3.24 Å². The first kappa shape index (κ1) is 33.4. The Hall–Kier alpha value is -7.22. The fourth-order valence-corrected chi connectivity index (χ4v) is 8.84. The minimum absolute atomic E-state index is 0.553. The number of hydrogen-bond donors (Lipinski definition) is 0. The van der Waals surface area contributed by atoms with E-state index >= 15 is 0 Å². The lowest BCUT2D eigenvalue weighted by Crippen LogP contribution is -2.28. The molecule has 1 aliphatic carbocycles. The van der Waals surface area contributed by atoms with Gasteiger partial charge in [-0.3, -0.25) is 0 Å². The number of para-hydroxylation sites is 1. The molecule has 0 amide bonds. The summed E-state index contributed by atoms with van der Waals surface area (Å²) in [6.45, 7) is 0. The number of fused-ring (bicyclic) bond motifs is 3. The zero-order chi connectivity index (χ0) is 37.3. The van der Waals surface area contributed by atoms with E-state index in [9.17, 15) is 0 Å². The Kier molecular flexibility index (Phi) is 8.46. The first-order chi connectivity index (χ1) is 27.8. The monoisotopic (exact) mass is 713 g/mol. The van der Waals surface area contributed by atoms with Crippen LogP contribution < -0.4 is 4.90 Å². The van der Waals surface area contributed by atoms with Crippen LogP contribution in [0.25, 0.3) is 44.5 Å². The van der Waals surface area contributed by atoms with Crippen molar-refractivity contribution in [2.24, 2.45) is 0 Å². The highest BCUT2D eigenvalue weighted by Crippen LogP contribution is 2.59. The zero-order valence-corrected chi connectivity index (χ0v) is 31.0. The van der Waals surface area contributed by atoms with Gasteiger partial charge in [0.1, 0.15) is 0 Å². The Morgan fingerprint density at radius 2 is 0.696 bits per heavy atom. The van der Waals surface area contributed by atoms with Crippen molar-refractivity contribution in [3.63, 3.8) is 0 Å². The predicted molar refractivity (Wildman–Crippen MR) is 235 cm³/mol. The maximum Gasteiger partial charge on any atom is 0.0714 e. The molecule has 0 N–H and O–H groups in total. The summed E-state index contributed by atoms with van der Waals surface area (Å²) in [5.74, 6) is 0. The molecule has 0 aromatic heterocycles. The van der Waals surface area contributed by atoms with Crippen LogP contribution in [-0.4, -0.2) is 0 Å². The molecule has 0 unspecified atom stereocenters. The van der Waals surface area contributed by atoms with Gasteiger partial charge in [-0.05, 0) is 103 Å². The van der Waals surface area contributed by atoms with E-state index in [1.54, 1.807) is 0 Å². The van der Waals surface area contributed by atoms with Crippen molar-refractivity contribution in [2.75, 3.05) is 4.90 Å². The van der Waals surface area contributed by atoms with Gasteiger partial charge in [0, 0.05) is 17.1 Å². The highest BCUT2D eigenvalue weighted by atomic mass is 15.1. The molecule has 0 bridgehead atoms. The van der Waals surface area contributed by atoms with E-state index in [0.29, 0.717) is 0 Å². The molecule has 0 heterocycles. The van der Waals surface area contributed by atoms with Gasteiger partial charge in [0.05, 0.1) is 5.41 Å². The van der Waals surface area contributed by atoms with Crippen LogP contribution in [0.15, 0.2) is 237 Å². The van der Waals surface area contributed by atoms with E-state index in [1.807, 2.05) is 0 Å². The standard InChI is InChI=1S/C55H39N/c1-6-17-40(18-7-1)42-29-31-44(32-30-42)50-27-16-28-52-54(50)51-38-37-49(39-53(51)55(52,45-21-10-3-11-22-45)46-23-12-4-13-24-46)56(47-25-14-5-15-26-47)48-35-33-43(34-36-48)41-19-8-2-9-20-41/h1-39H. The summed E-state index contributed by atoms with van der Waals surface area (Å²) in [4.78, 5) is 2.39. The number of nitrogens with zero attached hydrogens (tertiary/aromatic N) is 1. The molecule has 9 aromatic rings. The van der Waals surface area contributed by atoms with E-state index in [-0.39, 0.29) is 0 Å². The minimum Gasteiger partial charge on any atom is -0.310 e. The van der Waals surface area contributed by atoms with Crippen LogP contribution in [0.5, 0.6) is 0 Å². The number of rotatable bonds is 8. The van der Waals surface area contributed by atoms with Crippen molar-refractivity contribution in [3.8, 4) is 44.5 Å². The molecule has 10 rings (SSSR count). The van der Waals surface area contributed by atoms with E-state index in [4.69, 9.17) is 0 Å². The lowest BCUT2D eigenvalue weighted by Gasteiger charge is -2.35. The van der Waals surface area contributed by atoms with Crippen molar-refractivity contribution in [1.29, 1.82) is 0 Å². The molecule has 0 saturated heterocycles. The second kappa shape index (κ2) is 14.2. The van der Waals surface area contributed by atoms with Crippen molar-refractivity contribution in [3.05, 3.63) is 259 Å². The molecule has 0 spiro atoms. The van der Waals surface area contributed by atoms with Gasteiger partial charge in [-0.25, -0.2) is 0 Å². The second-order valence-corrected chi connectivity index (χ2v) is 14.5. The third-order valence-electron chi connectivity index (χ3n) is 11.4. The van der Waals surface area contributed by atoms with Crippen LogP contribution in [0.3, 0.4) is 0 Å². The molecule has 0 fully saturated rings. The summed E-state index contributed by atoms with van der Waals surface area (Å²) in [6, 6.07) is 86.2. The van der Waals surface area contributed by atoms with E-state index in [2.05, 4.69) is 241 Å². The van der Waals surface area contributed by atoms with E-state index < -0.39 is 5.41 Å². The predicted octanol–water partition coefficient (Wildman–Crippen LogP) is 14.5. The van der Waals surface area contributed by atoms with Gasteiger partial charge in [-0.15, -0.1) is 0 Å². The SMILES string of the molecule is c1ccc(-c2ccc(-c3cccc4c3-c3ccc(N(c5ccccc5)c5ccc(-c6ccccc6)cc5)cc3C4(c3ccccc3)c3ccccc3)cc2)cc1. The molecule has 0 atom stereocenters. The molecule has 0 aliphatic heterocycles. The van der Waals surface area contributed by atoms with Crippen LogP contribution in [-0.2, 0) is 5.41 Å². The molecule has 1 aliphatic rings. The van der Waals surface area contributed by atoms with Gasteiger partial charge in [-0.2, -0.15) is 0 Å². The van der Waals surface area contributed by atoms with Gasteiger partial charge >= 0.3 is 0 Å². The molecular weight excluding hydrogens is 675 g/mol. The Balaban J connectivity index is 1.20. The third-order valence-corrected chi connectivity index (χ3v) is 11.4. The molecule has 0 saturated carbocycles. The first-order valence-corrected chi connectivity index (χ1v) is 19.3. The van der Waals surface area contributed by atoms with Crippen LogP contribution in [0.4, 0.5) is 17.1 Å².